The highest BCUT2D eigenvalue weighted by Gasteiger charge is 2.24. The van der Waals surface area contributed by atoms with Crippen molar-refractivity contribution in [1.82, 2.24) is 5.32 Å². The molecule has 1 amide bonds. The lowest BCUT2D eigenvalue weighted by Crippen LogP contribution is -2.30. The zero-order chi connectivity index (χ0) is 15.4. The Morgan fingerprint density at radius 1 is 1.33 bits per heavy atom. The molecular formula is C15H17F2NO3. The van der Waals surface area contributed by atoms with Gasteiger partial charge in [0.2, 0.25) is 5.91 Å². The minimum Gasteiger partial charge on any atom is -0.481 e. The Bertz CT molecular complexity index is 544. The maximum atomic E-state index is 13.7. The number of aliphatic carboxylic acids is 1. The lowest BCUT2D eigenvalue weighted by Gasteiger charge is -2.18. The van der Waals surface area contributed by atoms with Crippen molar-refractivity contribution in [3.05, 3.63) is 35.4 Å². The quantitative estimate of drug-likeness (QED) is 0.813. The van der Waals surface area contributed by atoms with Crippen molar-refractivity contribution in [2.75, 3.05) is 0 Å². The number of nitrogens with one attached hydrogen (secondary N) is 1. The summed E-state index contributed by atoms with van der Waals surface area (Å²) in [6.07, 6.45) is 2.86. The van der Waals surface area contributed by atoms with Crippen LogP contribution in [0.3, 0.4) is 0 Å². The van der Waals surface area contributed by atoms with Gasteiger partial charge < -0.3 is 10.4 Å². The molecule has 0 bridgehead atoms. The molecule has 0 spiro atoms. The van der Waals surface area contributed by atoms with Crippen LogP contribution in [0.15, 0.2) is 18.2 Å². The van der Waals surface area contributed by atoms with Crippen LogP contribution < -0.4 is 5.32 Å². The van der Waals surface area contributed by atoms with E-state index in [9.17, 15) is 18.4 Å². The third kappa shape index (κ3) is 4.81. The Morgan fingerprint density at radius 2 is 2.05 bits per heavy atom. The molecule has 0 saturated heterocycles. The first kappa shape index (κ1) is 15.4. The van der Waals surface area contributed by atoms with E-state index in [4.69, 9.17) is 5.11 Å². The molecule has 0 aliphatic heterocycles. The van der Waals surface area contributed by atoms with Gasteiger partial charge in [-0.25, -0.2) is 8.78 Å². The molecule has 1 saturated carbocycles. The standard InChI is InChI=1S/C15H17F2NO3/c16-10-4-5-11(12(17)7-10)13(8-15(20)21)18-14(19)6-3-9-1-2-9/h4-5,7,9,13H,1-3,6,8H2,(H,18,19)(H,20,21). The van der Waals surface area contributed by atoms with Crippen LogP contribution >= 0.6 is 0 Å². The number of hydrogen-bond donors (Lipinski definition) is 2. The fourth-order valence-electron chi connectivity index (χ4n) is 2.21. The highest BCUT2D eigenvalue weighted by atomic mass is 19.1. The summed E-state index contributed by atoms with van der Waals surface area (Å²) in [7, 11) is 0. The first-order valence-corrected chi connectivity index (χ1v) is 6.92. The number of carboxylic acid groups (broad SMARTS) is 1. The highest BCUT2D eigenvalue weighted by Crippen LogP contribution is 2.33. The molecule has 1 aliphatic rings. The molecule has 6 heteroatoms. The zero-order valence-electron chi connectivity index (χ0n) is 11.4. The number of halogens is 2. The number of amides is 1. The molecule has 4 nitrogen and oxygen atoms in total. The van der Waals surface area contributed by atoms with Gasteiger partial charge in [-0.2, -0.15) is 0 Å². The average molecular weight is 297 g/mol. The van der Waals surface area contributed by atoms with Crippen LogP contribution in [0.5, 0.6) is 0 Å². The number of rotatable bonds is 7. The van der Waals surface area contributed by atoms with Gasteiger partial charge in [0, 0.05) is 18.1 Å². The van der Waals surface area contributed by atoms with Crippen LogP contribution in [0.2, 0.25) is 0 Å². The monoisotopic (exact) mass is 297 g/mol. The third-order valence-electron chi connectivity index (χ3n) is 3.53. The maximum Gasteiger partial charge on any atom is 0.305 e. The summed E-state index contributed by atoms with van der Waals surface area (Å²) < 4.78 is 26.7. The number of carboxylic acids is 1. The zero-order valence-corrected chi connectivity index (χ0v) is 11.4. The molecule has 0 heterocycles. The van der Waals surface area contributed by atoms with Crippen molar-refractivity contribution in [2.45, 2.75) is 38.1 Å². The Balaban J connectivity index is 2.05. The van der Waals surface area contributed by atoms with Gasteiger partial charge in [-0.1, -0.05) is 18.9 Å². The second-order valence-corrected chi connectivity index (χ2v) is 5.37. The molecule has 0 aromatic heterocycles. The molecule has 1 unspecified atom stereocenters. The molecule has 1 atom stereocenters. The van der Waals surface area contributed by atoms with Crippen molar-refractivity contribution in [2.24, 2.45) is 5.92 Å². The summed E-state index contributed by atoms with van der Waals surface area (Å²) in [4.78, 5) is 22.7. The van der Waals surface area contributed by atoms with E-state index >= 15 is 0 Å². The third-order valence-corrected chi connectivity index (χ3v) is 3.53. The predicted molar refractivity (Wildman–Crippen MR) is 71.5 cm³/mol. The molecule has 2 rings (SSSR count). The van der Waals surface area contributed by atoms with E-state index in [0.717, 1.165) is 25.3 Å². The van der Waals surface area contributed by atoms with Crippen LogP contribution in [0.1, 0.15) is 43.7 Å². The Morgan fingerprint density at radius 3 is 2.62 bits per heavy atom. The number of hydrogen-bond acceptors (Lipinski definition) is 2. The number of benzene rings is 1. The van der Waals surface area contributed by atoms with E-state index in [1.165, 1.54) is 6.07 Å². The minimum atomic E-state index is -1.16. The fourth-order valence-corrected chi connectivity index (χ4v) is 2.21. The second-order valence-electron chi connectivity index (χ2n) is 5.37. The Labute approximate surface area is 121 Å². The molecule has 1 aromatic rings. The van der Waals surface area contributed by atoms with Crippen molar-refractivity contribution >= 4 is 11.9 Å². The normalized spacial score (nSPS) is 15.5. The summed E-state index contributed by atoms with van der Waals surface area (Å²) in [6, 6.07) is 1.90. The van der Waals surface area contributed by atoms with Gasteiger partial charge in [0.15, 0.2) is 0 Å². The molecule has 2 N–H and O–H groups in total. The molecule has 0 radical (unpaired) electrons. The van der Waals surface area contributed by atoms with Gasteiger partial charge in [-0.05, 0) is 18.4 Å². The van der Waals surface area contributed by atoms with Crippen molar-refractivity contribution < 1.29 is 23.5 Å². The molecular weight excluding hydrogens is 280 g/mol. The van der Waals surface area contributed by atoms with Gasteiger partial charge >= 0.3 is 5.97 Å². The predicted octanol–water partition coefficient (Wildman–Crippen LogP) is 2.79. The van der Waals surface area contributed by atoms with Crippen LogP contribution in [0.25, 0.3) is 0 Å². The molecule has 1 aromatic carbocycles. The van der Waals surface area contributed by atoms with Crippen molar-refractivity contribution in [1.29, 1.82) is 0 Å². The SMILES string of the molecule is O=C(O)CC(NC(=O)CCC1CC1)c1ccc(F)cc1F. The lowest BCUT2D eigenvalue weighted by molar-refractivity contribution is -0.137. The smallest absolute Gasteiger partial charge is 0.305 e. The minimum absolute atomic E-state index is 0.0152. The first-order valence-electron chi connectivity index (χ1n) is 6.92. The largest absolute Gasteiger partial charge is 0.481 e. The van der Waals surface area contributed by atoms with E-state index in [2.05, 4.69) is 5.32 Å². The van der Waals surface area contributed by atoms with Crippen LogP contribution in [-0.4, -0.2) is 17.0 Å². The maximum absolute atomic E-state index is 13.7. The van der Waals surface area contributed by atoms with E-state index in [-0.39, 0.29) is 11.5 Å². The molecule has 1 aliphatic carbocycles. The fraction of sp³-hybridized carbons (Fsp3) is 0.467. The van der Waals surface area contributed by atoms with E-state index in [1.54, 1.807) is 0 Å². The van der Waals surface area contributed by atoms with Gasteiger partial charge in [0.05, 0.1) is 12.5 Å². The first-order chi connectivity index (χ1) is 9.95. The van der Waals surface area contributed by atoms with Crippen molar-refractivity contribution in [3.63, 3.8) is 0 Å². The van der Waals surface area contributed by atoms with Gasteiger partial charge in [-0.3, -0.25) is 9.59 Å². The van der Waals surface area contributed by atoms with Crippen LogP contribution in [-0.2, 0) is 9.59 Å². The summed E-state index contributed by atoms with van der Waals surface area (Å²) in [5, 5.41) is 11.4. The number of carbonyl (C=O) groups excluding carboxylic acids is 1. The van der Waals surface area contributed by atoms with E-state index < -0.39 is 30.1 Å². The summed E-state index contributed by atoms with van der Waals surface area (Å²) in [5.41, 5.74) is -0.0152. The van der Waals surface area contributed by atoms with Gasteiger partial charge in [-0.15, -0.1) is 0 Å². The summed E-state index contributed by atoms with van der Waals surface area (Å²) in [6.45, 7) is 0. The number of carbonyl (C=O) groups is 2. The molecule has 1 fully saturated rings. The Hall–Kier alpha value is -1.98. The van der Waals surface area contributed by atoms with Crippen LogP contribution in [0.4, 0.5) is 8.78 Å². The van der Waals surface area contributed by atoms with Gasteiger partial charge in [0.1, 0.15) is 11.6 Å². The summed E-state index contributed by atoms with van der Waals surface area (Å²) >= 11 is 0. The molecule has 114 valence electrons. The summed E-state index contributed by atoms with van der Waals surface area (Å²) in [5.74, 6) is -2.49. The van der Waals surface area contributed by atoms with Crippen LogP contribution in [0, 0.1) is 17.6 Å². The van der Waals surface area contributed by atoms with E-state index in [0.29, 0.717) is 18.4 Å². The van der Waals surface area contributed by atoms with Gasteiger partial charge in [0.25, 0.3) is 0 Å². The average Bonchev–Trinajstić information content (AvgIpc) is 3.19. The van der Waals surface area contributed by atoms with Crippen molar-refractivity contribution in [3.8, 4) is 0 Å². The second kappa shape index (κ2) is 6.65. The molecule has 21 heavy (non-hydrogen) atoms. The highest BCUT2D eigenvalue weighted by molar-refractivity contribution is 5.77. The Kier molecular flexibility index (Phi) is 4.88. The topological polar surface area (TPSA) is 66.4 Å². The van der Waals surface area contributed by atoms with E-state index in [1.807, 2.05) is 0 Å². The lowest BCUT2D eigenvalue weighted by atomic mass is 10.0.